The van der Waals surface area contributed by atoms with Gasteiger partial charge in [0.05, 0.1) is 10.5 Å². The average molecular weight is 272 g/mol. The number of nitrogens with zero attached hydrogens (tertiary/aromatic N) is 2. The number of rotatable bonds is 3. The molecule has 5 nitrogen and oxygen atoms in total. The second-order valence-corrected chi connectivity index (χ2v) is 4.03. The lowest BCUT2D eigenvalue weighted by Crippen LogP contribution is -1.97. The van der Waals surface area contributed by atoms with Crippen molar-refractivity contribution < 1.29 is 14.1 Å². The second-order valence-electron chi connectivity index (χ2n) is 4.03. The molecule has 0 amide bonds. The van der Waals surface area contributed by atoms with E-state index >= 15 is 0 Å². The standard InChI is InChI=1S/C14H9FN2O3/c1-9-3-2-4-10(8-16)14(9)20-13-7-11(15)5-6-12(13)17(18)19/h2-7H,1H3. The van der Waals surface area contributed by atoms with Gasteiger partial charge in [0.25, 0.3) is 0 Å². The summed E-state index contributed by atoms with van der Waals surface area (Å²) < 4.78 is 18.6. The van der Waals surface area contributed by atoms with Crippen molar-refractivity contribution in [3.8, 4) is 17.6 Å². The third-order valence-corrected chi connectivity index (χ3v) is 2.66. The molecule has 100 valence electrons. The fourth-order valence-electron chi connectivity index (χ4n) is 1.71. The van der Waals surface area contributed by atoms with Crippen molar-refractivity contribution in [3.63, 3.8) is 0 Å². The Labute approximate surface area is 114 Å². The number of ether oxygens (including phenoxy) is 1. The molecule has 0 fully saturated rings. The maximum Gasteiger partial charge on any atom is 0.311 e. The fourth-order valence-corrected chi connectivity index (χ4v) is 1.71. The minimum absolute atomic E-state index is 0.184. The topological polar surface area (TPSA) is 76.2 Å². The molecule has 0 atom stereocenters. The largest absolute Gasteiger partial charge is 0.448 e. The molecule has 0 heterocycles. The highest BCUT2D eigenvalue weighted by molar-refractivity contribution is 5.54. The molecule has 0 bridgehead atoms. The van der Waals surface area contributed by atoms with Gasteiger partial charge in [0.1, 0.15) is 17.6 Å². The first-order valence-electron chi connectivity index (χ1n) is 5.64. The van der Waals surface area contributed by atoms with Gasteiger partial charge < -0.3 is 4.74 Å². The molecule has 6 heteroatoms. The summed E-state index contributed by atoms with van der Waals surface area (Å²) in [6.07, 6.45) is 0. The van der Waals surface area contributed by atoms with Crippen LogP contribution in [0.2, 0.25) is 0 Å². The molecule has 2 aromatic carbocycles. The van der Waals surface area contributed by atoms with E-state index in [2.05, 4.69) is 0 Å². The molecule has 0 unspecified atom stereocenters. The molecular formula is C14H9FN2O3. The minimum Gasteiger partial charge on any atom is -0.448 e. The number of halogens is 1. The van der Waals surface area contributed by atoms with Crippen molar-refractivity contribution >= 4 is 5.69 Å². The molecule has 0 radical (unpaired) electrons. The number of nitro benzene ring substituents is 1. The molecule has 0 aromatic heterocycles. The van der Waals surface area contributed by atoms with Crippen LogP contribution in [0.5, 0.6) is 11.5 Å². The van der Waals surface area contributed by atoms with Gasteiger partial charge in [-0.2, -0.15) is 5.26 Å². The first kappa shape index (κ1) is 13.5. The quantitative estimate of drug-likeness (QED) is 0.630. The SMILES string of the molecule is Cc1cccc(C#N)c1Oc1cc(F)ccc1[N+](=O)[O-]. The number of para-hydroxylation sites is 1. The van der Waals surface area contributed by atoms with Gasteiger partial charge in [-0.1, -0.05) is 12.1 Å². The molecule has 2 rings (SSSR count). The number of hydrogen-bond donors (Lipinski definition) is 0. The lowest BCUT2D eigenvalue weighted by Gasteiger charge is -2.10. The van der Waals surface area contributed by atoms with E-state index in [0.717, 1.165) is 18.2 Å². The maximum absolute atomic E-state index is 13.2. The first-order valence-corrected chi connectivity index (χ1v) is 5.64. The third kappa shape index (κ3) is 2.57. The molecule has 2 aromatic rings. The summed E-state index contributed by atoms with van der Waals surface area (Å²) in [5.74, 6) is -0.706. The van der Waals surface area contributed by atoms with Crippen molar-refractivity contribution in [1.29, 1.82) is 5.26 Å². The molecule has 0 aliphatic carbocycles. The predicted molar refractivity (Wildman–Crippen MR) is 69.0 cm³/mol. The van der Waals surface area contributed by atoms with E-state index in [9.17, 15) is 14.5 Å². The summed E-state index contributed by atoms with van der Waals surface area (Å²) in [4.78, 5) is 10.2. The Balaban J connectivity index is 2.53. The van der Waals surface area contributed by atoms with E-state index in [4.69, 9.17) is 10.00 Å². The van der Waals surface area contributed by atoms with Crippen molar-refractivity contribution in [2.45, 2.75) is 6.92 Å². The highest BCUT2D eigenvalue weighted by Crippen LogP contribution is 2.35. The first-order chi connectivity index (χ1) is 9.52. The van der Waals surface area contributed by atoms with Crippen LogP contribution in [-0.2, 0) is 0 Å². The zero-order chi connectivity index (χ0) is 14.7. The molecular weight excluding hydrogens is 263 g/mol. The van der Waals surface area contributed by atoms with E-state index in [0.29, 0.717) is 5.56 Å². The smallest absolute Gasteiger partial charge is 0.311 e. The third-order valence-electron chi connectivity index (χ3n) is 2.66. The van der Waals surface area contributed by atoms with Gasteiger partial charge in [0.15, 0.2) is 0 Å². The van der Waals surface area contributed by atoms with Crippen LogP contribution in [-0.4, -0.2) is 4.92 Å². The van der Waals surface area contributed by atoms with E-state index in [-0.39, 0.29) is 22.7 Å². The molecule has 0 saturated carbocycles. The highest BCUT2D eigenvalue weighted by Gasteiger charge is 2.18. The van der Waals surface area contributed by atoms with Crippen LogP contribution in [0.1, 0.15) is 11.1 Å². The van der Waals surface area contributed by atoms with E-state index in [1.165, 1.54) is 6.07 Å². The summed E-state index contributed by atoms with van der Waals surface area (Å²) in [5.41, 5.74) is 0.490. The van der Waals surface area contributed by atoms with Gasteiger partial charge in [-0.3, -0.25) is 10.1 Å². The minimum atomic E-state index is -0.668. The zero-order valence-corrected chi connectivity index (χ0v) is 10.5. The van der Waals surface area contributed by atoms with Crippen LogP contribution in [0.3, 0.4) is 0 Å². The van der Waals surface area contributed by atoms with E-state index in [1.54, 1.807) is 19.1 Å². The van der Waals surface area contributed by atoms with Crippen molar-refractivity contribution in [1.82, 2.24) is 0 Å². The van der Waals surface area contributed by atoms with Crippen LogP contribution < -0.4 is 4.74 Å². The van der Waals surface area contributed by atoms with Gasteiger partial charge in [-0.15, -0.1) is 0 Å². The molecule has 20 heavy (non-hydrogen) atoms. The normalized spacial score (nSPS) is 9.85. The van der Waals surface area contributed by atoms with Gasteiger partial charge in [0.2, 0.25) is 5.75 Å². The molecule has 0 aliphatic heterocycles. The monoisotopic (exact) mass is 272 g/mol. The fraction of sp³-hybridized carbons (Fsp3) is 0.0714. The molecule has 0 saturated heterocycles. The highest BCUT2D eigenvalue weighted by atomic mass is 19.1. The van der Waals surface area contributed by atoms with Crippen LogP contribution in [0.15, 0.2) is 36.4 Å². The summed E-state index contributed by atoms with van der Waals surface area (Å²) in [6, 6.07) is 9.74. The zero-order valence-electron chi connectivity index (χ0n) is 10.5. The van der Waals surface area contributed by atoms with Crippen LogP contribution in [0.25, 0.3) is 0 Å². The van der Waals surface area contributed by atoms with E-state index in [1.807, 2.05) is 6.07 Å². The number of benzene rings is 2. The predicted octanol–water partition coefficient (Wildman–Crippen LogP) is 3.71. The number of nitro groups is 1. The molecule has 0 aliphatic rings. The maximum atomic E-state index is 13.2. The molecule has 0 N–H and O–H groups in total. The Kier molecular flexibility index (Phi) is 3.62. The Morgan fingerprint density at radius 2 is 2.10 bits per heavy atom. The van der Waals surface area contributed by atoms with Gasteiger partial charge in [-0.05, 0) is 24.6 Å². The lowest BCUT2D eigenvalue weighted by atomic mass is 10.1. The van der Waals surface area contributed by atoms with Crippen LogP contribution >= 0.6 is 0 Å². The van der Waals surface area contributed by atoms with Crippen LogP contribution in [0, 0.1) is 34.2 Å². The van der Waals surface area contributed by atoms with Crippen molar-refractivity contribution in [2.75, 3.05) is 0 Å². The summed E-state index contributed by atoms with van der Waals surface area (Å²) in [6.45, 7) is 1.70. The van der Waals surface area contributed by atoms with Gasteiger partial charge in [-0.25, -0.2) is 4.39 Å². The van der Waals surface area contributed by atoms with E-state index < -0.39 is 10.7 Å². The van der Waals surface area contributed by atoms with Crippen molar-refractivity contribution in [3.05, 3.63) is 63.5 Å². The number of hydrogen-bond acceptors (Lipinski definition) is 4. The summed E-state index contributed by atoms with van der Waals surface area (Å²) in [7, 11) is 0. The second kappa shape index (κ2) is 5.36. The Morgan fingerprint density at radius 1 is 1.35 bits per heavy atom. The number of aryl methyl sites for hydroxylation is 1. The Morgan fingerprint density at radius 3 is 2.75 bits per heavy atom. The summed E-state index contributed by atoms with van der Waals surface area (Å²) in [5, 5.41) is 19.9. The number of nitriles is 1. The summed E-state index contributed by atoms with van der Waals surface area (Å²) >= 11 is 0. The Bertz CT molecular complexity index is 723. The molecule has 0 spiro atoms. The van der Waals surface area contributed by atoms with Gasteiger partial charge in [0, 0.05) is 12.1 Å². The van der Waals surface area contributed by atoms with Crippen LogP contribution in [0.4, 0.5) is 10.1 Å². The van der Waals surface area contributed by atoms with Gasteiger partial charge >= 0.3 is 5.69 Å². The lowest BCUT2D eigenvalue weighted by molar-refractivity contribution is -0.385. The van der Waals surface area contributed by atoms with Crippen molar-refractivity contribution in [2.24, 2.45) is 0 Å². The Hall–Kier alpha value is -2.94. The average Bonchev–Trinajstić information content (AvgIpc) is 2.40.